The fourth-order valence-electron chi connectivity index (χ4n) is 4.54. The third kappa shape index (κ3) is 6.58. The molecule has 4 rings (SSSR count). The van der Waals surface area contributed by atoms with Gasteiger partial charge in [-0.1, -0.05) is 49.4 Å². The van der Waals surface area contributed by atoms with E-state index in [0.717, 1.165) is 15.8 Å². The number of primary amides is 1. The van der Waals surface area contributed by atoms with Crippen molar-refractivity contribution in [3.8, 4) is 11.4 Å². The van der Waals surface area contributed by atoms with Crippen LogP contribution in [0.3, 0.4) is 0 Å². The first-order valence-corrected chi connectivity index (χ1v) is 13.6. The van der Waals surface area contributed by atoms with Crippen LogP contribution >= 0.6 is 0 Å². The van der Waals surface area contributed by atoms with Crippen molar-refractivity contribution in [3.63, 3.8) is 0 Å². The normalized spacial score (nSPS) is 12.7. The van der Waals surface area contributed by atoms with E-state index >= 15 is 4.39 Å². The lowest BCUT2D eigenvalue weighted by Crippen LogP contribution is -2.30. The van der Waals surface area contributed by atoms with E-state index in [1.165, 1.54) is 6.07 Å². The van der Waals surface area contributed by atoms with E-state index in [4.69, 9.17) is 21.6 Å². The first-order valence-electron chi connectivity index (χ1n) is 13.6. The molecule has 3 aromatic carbocycles. The first kappa shape index (κ1) is 30.2. The Morgan fingerprint density at radius 3 is 2.43 bits per heavy atom. The number of hydrogen-bond donors (Lipinski definition) is 4. The summed E-state index contributed by atoms with van der Waals surface area (Å²) in [6.45, 7) is 4.23. The SMILES string of the molecule is CCc1cc(OCC(C)N(C)C)c(F)c(C(Cc2ccc(C(=N)N)cc2)c2nn(-c3ccccc3C(N)=O)c(=O)[nH]2)c1. The van der Waals surface area contributed by atoms with Crippen LogP contribution in [0.15, 0.2) is 65.5 Å². The number of H-pyrrole nitrogens is 1. The van der Waals surface area contributed by atoms with E-state index in [-0.39, 0.29) is 47.7 Å². The quantitative estimate of drug-likeness (QED) is 0.150. The van der Waals surface area contributed by atoms with Crippen LogP contribution in [0.4, 0.5) is 4.39 Å². The number of halogens is 1. The Bertz CT molecular complexity index is 1640. The van der Waals surface area contributed by atoms with Crippen molar-refractivity contribution in [1.29, 1.82) is 5.41 Å². The second-order valence-electron chi connectivity index (χ2n) is 10.5. The number of nitrogen functional groups attached to an aromatic ring is 1. The van der Waals surface area contributed by atoms with Crippen molar-refractivity contribution >= 4 is 11.7 Å². The van der Waals surface area contributed by atoms with Crippen molar-refractivity contribution in [2.75, 3.05) is 20.7 Å². The number of nitrogens with one attached hydrogen (secondary N) is 2. The minimum absolute atomic E-state index is 0.0473. The zero-order chi connectivity index (χ0) is 30.6. The number of amidine groups is 1. The minimum atomic E-state index is -0.733. The summed E-state index contributed by atoms with van der Waals surface area (Å²) < 4.78 is 23.3. The van der Waals surface area contributed by atoms with Gasteiger partial charge < -0.3 is 21.1 Å². The molecule has 2 atom stereocenters. The highest BCUT2D eigenvalue weighted by molar-refractivity contribution is 5.96. The molecule has 0 aliphatic rings. The fraction of sp³-hybridized carbons (Fsp3) is 0.290. The number of aromatic amines is 1. The molecule has 2 unspecified atom stereocenters. The molecular formula is C31H36FN7O3. The number of ether oxygens (including phenoxy) is 1. The molecule has 0 aliphatic carbocycles. The van der Waals surface area contributed by atoms with Crippen LogP contribution < -0.4 is 21.9 Å². The lowest BCUT2D eigenvalue weighted by molar-refractivity contribution is 0.1000. The molecule has 1 heterocycles. The van der Waals surface area contributed by atoms with Crippen LogP contribution in [0.1, 0.15) is 58.2 Å². The van der Waals surface area contributed by atoms with Gasteiger partial charge in [-0.05, 0) is 63.2 Å². The van der Waals surface area contributed by atoms with Crippen molar-refractivity contribution in [1.82, 2.24) is 19.7 Å². The molecule has 0 fully saturated rings. The maximum absolute atomic E-state index is 16.3. The number of hydrogen-bond acceptors (Lipinski definition) is 6. The molecule has 6 N–H and O–H groups in total. The van der Waals surface area contributed by atoms with E-state index in [1.54, 1.807) is 54.6 Å². The lowest BCUT2D eigenvalue weighted by atomic mass is 9.89. The average molecular weight is 574 g/mol. The monoisotopic (exact) mass is 573 g/mol. The molecule has 42 heavy (non-hydrogen) atoms. The Labute approximate surface area is 243 Å². The van der Waals surface area contributed by atoms with Crippen LogP contribution in [0, 0.1) is 11.2 Å². The molecule has 0 aliphatic heterocycles. The highest BCUT2D eigenvalue weighted by Crippen LogP contribution is 2.34. The van der Waals surface area contributed by atoms with Gasteiger partial charge in [0.25, 0.3) is 5.91 Å². The number of rotatable bonds is 12. The van der Waals surface area contributed by atoms with E-state index in [1.807, 2.05) is 32.8 Å². The van der Waals surface area contributed by atoms with Gasteiger partial charge in [0.05, 0.1) is 17.2 Å². The highest BCUT2D eigenvalue weighted by Gasteiger charge is 2.27. The summed E-state index contributed by atoms with van der Waals surface area (Å²) >= 11 is 0. The largest absolute Gasteiger partial charge is 0.489 e. The van der Waals surface area contributed by atoms with Gasteiger partial charge in [-0.25, -0.2) is 9.18 Å². The van der Waals surface area contributed by atoms with Gasteiger partial charge in [0.2, 0.25) is 0 Å². The minimum Gasteiger partial charge on any atom is -0.489 e. The van der Waals surface area contributed by atoms with Crippen molar-refractivity contribution in [2.45, 2.75) is 38.6 Å². The van der Waals surface area contributed by atoms with Crippen LogP contribution in [0.2, 0.25) is 0 Å². The number of carbonyl (C=O) groups is 1. The molecule has 11 heteroatoms. The molecule has 1 aromatic heterocycles. The lowest BCUT2D eigenvalue weighted by Gasteiger charge is -2.22. The van der Waals surface area contributed by atoms with Crippen LogP contribution in [0.5, 0.6) is 5.75 Å². The number of nitrogens with two attached hydrogens (primary N) is 2. The Kier molecular flexibility index (Phi) is 9.21. The molecule has 0 saturated heterocycles. The second kappa shape index (κ2) is 12.8. The maximum atomic E-state index is 16.3. The van der Waals surface area contributed by atoms with Crippen LogP contribution in [-0.4, -0.2) is 58.2 Å². The second-order valence-corrected chi connectivity index (χ2v) is 10.5. The Morgan fingerprint density at radius 2 is 1.81 bits per heavy atom. The van der Waals surface area contributed by atoms with E-state index in [9.17, 15) is 9.59 Å². The first-order chi connectivity index (χ1) is 20.0. The topological polar surface area (TPSA) is 156 Å². The summed E-state index contributed by atoms with van der Waals surface area (Å²) in [6.07, 6.45) is 0.893. The van der Waals surface area contributed by atoms with E-state index in [2.05, 4.69) is 10.1 Å². The zero-order valence-electron chi connectivity index (χ0n) is 24.1. The number of aromatic nitrogens is 3. The number of carbonyl (C=O) groups excluding carboxylic acids is 1. The fourth-order valence-corrected chi connectivity index (χ4v) is 4.54. The van der Waals surface area contributed by atoms with E-state index < -0.39 is 23.3 Å². The Hall–Kier alpha value is -4.77. The molecular weight excluding hydrogens is 537 g/mol. The van der Waals surface area contributed by atoms with Gasteiger partial charge in [-0.3, -0.25) is 15.2 Å². The van der Waals surface area contributed by atoms with Crippen molar-refractivity contribution in [3.05, 3.63) is 111 Å². The van der Waals surface area contributed by atoms with Crippen LogP contribution in [-0.2, 0) is 12.8 Å². The average Bonchev–Trinajstić information content (AvgIpc) is 3.36. The number of aryl methyl sites for hydroxylation is 1. The van der Waals surface area contributed by atoms with Crippen molar-refractivity contribution in [2.24, 2.45) is 11.5 Å². The third-order valence-corrected chi connectivity index (χ3v) is 7.34. The molecule has 0 radical (unpaired) electrons. The van der Waals surface area contributed by atoms with E-state index in [0.29, 0.717) is 17.5 Å². The molecule has 0 bridgehead atoms. The summed E-state index contributed by atoms with van der Waals surface area (Å²) in [7, 11) is 3.85. The van der Waals surface area contributed by atoms with Crippen molar-refractivity contribution < 1.29 is 13.9 Å². The maximum Gasteiger partial charge on any atom is 0.348 e. The summed E-state index contributed by atoms with van der Waals surface area (Å²) in [5, 5.41) is 12.2. The predicted octanol–water partition coefficient (Wildman–Crippen LogP) is 3.35. The third-order valence-electron chi connectivity index (χ3n) is 7.34. The number of benzene rings is 3. The number of likely N-dealkylation sites (N-methyl/N-ethyl adjacent to an activating group) is 1. The van der Waals surface area contributed by atoms with Gasteiger partial charge >= 0.3 is 5.69 Å². The highest BCUT2D eigenvalue weighted by atomic mass is 19.1. The standard InChI is InChI=1S/C31H36FN7O3/c1-5-19-14-23(27(32)26(16-19)42-17-18(2)38(3)4)24(15-20-10-12-21(13-11-20)28(33)34)30-36-31(41)39(37-30)25-9-7-6-8-22(25)29(35)40/h6-14,16,18,24H,5,15,17H2,1-4H3,(H3,33,34)(H2,35,40)(H,36,37,41). The molecule has 1 amide bonds. The molecule has 10 nitrogen and oxygen atoms in total. The van der Waals surface area contributed by atoms with Gasteiger partial charge in [-0.2, -0.15) is 4.68 Å². The van der Waals surface area contributed by atoms with Gasteiger partial charge in [0.15, 0.2) is 11.6 Å². The molecule has 220 valence electrons. The summed E-state index contributed by atoms with van der Waals surface area (Å²) in [6, 6.07) is 16.9. The smallest absolute Gasteiger partial charge is 0.348 e. The molecule has 0 saturated carbocycles. The molecule has 4 aromatic rings. The summed E-state index contributed by atoms with van der Waals surface area (Å²) in [4.78, 5) is 30.0. The number of nitrogens with zero attached hydrogens (tertiary/aromatic N) is 3. The van der Waals surface area contributed by atoms with Gasteiger partial charge in [0, 0.05) is 17.2 Å². The van der Waals surface area contributed by atoms with Crippen LogP contribution in [0.25, 0.3) is 5.69 Å². The van der Waals surface area contributed by atoms with Gasteiger partial charge in [0.1, 0.15) is 18.3 Å². The summed E-state index contributed by atoms with van der Waals surface area (Å²) in [5.74, 6) is -1.73. The zero-order valence-corrected chi connectivity index (χ0v) is 24.1. The Balaban J connectivity index is 1.86. The Morgan fingerprint density at radius 1 is 1.12 bits per heavy atom. The summed E-state index contributed by atoms with van der Waals surface area (Å²) in [5.41, 5.74) is 13.4. The van der Waals surface area contributed by atoms with Gasteiger partial charge in [-0.15, -0.1) is 5.10 Å². The predicted molar refractivity (Wildman–Crippen MR) is 160 cm³/mol. The number of para-hydroxylation sites is 1. The number of amides is 1. The molecule has 0 spiro atoms.